The predicted octanol–water partition coefficient (Wildman–Crippen LogP) is 0.509. The zero-order chi connectivity index (χ0) is 7.98. The fourth-order valence-corrected chi connectivity index (χ4v) is 0.415. The summed E-state index contributed by atoms with van der Waals surface area (Å²) in [6.45, 7) is 4.24. The van der Waals surface area contributed by atoms with Gasteiger partial charge in [0.15, 0.2) is 6.29 Å². The molecule has 3 nitrogen and oxygen atoms in total. The van der Waals surface area contributed by atoms with Gasteiger partial charge in [0, 0.05) is 18.5 Å². The predicted molar refractivity (Wildman–Crippen MR) is 42.0 cm³/mol. The third-order valence-electron chi connectivity index (χ3n) is 0.995. The lowest BCUT2D eigenvalue weighted by Gasteiger charge is -1.91. The summed E-state index contributed by atoms with van der Waals surface area (Å²) in [6.07, 6.45) is 2.19. The van der Waals surface area contributed by atoms with Crippen molar-refractivity contribution in [2.75, 3.05) is 6.54 Å². The molecule has 0 aliphatic carbocycles. The van der Waals surface area contributed by atoms with E-state index in [2.05, 4.69) is 4.99 Å². The van der Waals surface area contributed by atoms with Crippen LogP contribution >= 0.6 is 0 Å². The summed E-state index contributed by atoms with van der Waals surface area (Å²) in [5.74, 6) is 0. The molecule has 0 bridgehead atoms. The first-order valence-corrected chi connectivity index (χ1v) is 3.13. The number of aldehydes is 1. The van der Waals surface area contributed by atoms with E-state index in [1.54, 1.807) is 6.92 Å². The van der Waals surface area contributed by atoms with E-state index < -0.39 is 0 Å². The Morgan fingerprint density at radius 2 is 2.30 bits per heavy atom. The Morgan fingerprint density at radius 1 is 1.70 bits per heavy atom. The number of aliphatic imine (C=N–C) groups is 1. The van der Waals surface area contributed by atoms with Gasteiger partial charge in [-0.1, -0.05) is 0 Å². The Kier molecular flexibility index (Phi) is 4.20. The summed E-state index contributed by atoms with van der Waals surface area (Å²) in [5, 5.41) is 0. The Morgan fingerprint density at radius 3 is 2.60 bits per heavy atom. The number of hydrogen-bond acceptors (Lipinski definition) is 3. The highest BCUT2D eigenvalue weighted by Gasteiger charge is 1.91. The van der Waals surface area contributed by atoms with Crippen molar-refractivity contribution in [1.29, 1.82) is 0 Å². The molecule has 0 unspecified atom stereocenters. The molecule has 0 aromatic heterocycles. The van der Waals surface area contributed by atoms with Crippen LogP contribution in [0.15, 0.2) is 16.3 Å². The van der Waals surface area contributed by atoms with Gasteiger partial charge in [-0.25, -0.2) is 0 Å². The maximum atomic E-state index is 10.2. The molecule has 0 aromatic rings. The largest absolute Gasteiger partial charge is 0.402 e. The first-order valence-electron chi connectivity index (χ1n) is 3.13. The molecule has 0 aromatic carbocycles. The number of carbonyl (C=O) groups excluding carboxylic acids is 1. The zero-order valence-electron chi connectivity index (χ0n) is 6.29. The van der Waals surface area contributed by atoms with Gasteiger partial charge in [-0.2, -0.15) is 0 Å². The van der Waals surface area contributed by atoms with E-state index in [1.165, 1.54) is 6.21 Å². The molecule has 0 amide bonds. The van der Waals surface area contributed by atoms with Crippen LogP contribution in [0.25, 0.3) is 0 Å². The number of nitrogens with two attached hydrogens (primary N) is 1. The summed E-state index contributed by atoms with van der Waals surface area (Å²) in [7, 11) is 0. The second kappa shape index (κ2) is 4.73. The van der Waals surface area contributed by atoms with E-state index in [1.807, 2.05) is 6.92 Å². The lowest BCUT2D eigenvalue weighted by Crippen LogP contribution is -2.00. The van der Waals surface area contributed by atoms with Crippen LogP contribution < -0.4 is 5.73 Å². The number of rotatable bonds is 3. The molecule has 0 atom stereocenters. The van der Waals surface area contributed by atoms with Gasteiger partial charge < -0.3 is 5.73 Å². The molecule has 0 fully saturated rings. The van der Waals surface area contributed by atoms with E-state index in [0.717, 1.165) is 0 Å². The van der Waals surface area contributed by atoms with E-state index in [-0.39, 0.29) is 0 Å². The van der Waals surface area contributed by atoms with Crippen molar-refractivity contribution >= 4 is 12.5 Å². The second-order valence-corrected chi connectivity index (χ2v) is 1.88. The monoisotopic (exact) mass is 140 g/mol. The number of hydrogen-bond donors (Lipinski definition) is 1. The fourth-order valence-electron chi connectivity index (χ4n) is 0.415. The number of nitrogens with zero attached hydrogens (tertiary/aromatic N) is 1. The molecule has 56 valence electrons. The van der Waals surface area contributed by atoms with Crippen LogP contribution in [-0.4, -0.2) is 19.0 Å². The summed E-state index contributed by atoms with van der Waals surface area (Å²) < 4.78 is 0. The van der Waals surface area contributed by atoms with Gasteiger partial charge in [0.05, 0.1) is 5.57 Å². The molecule has 0 rings (SSSR count). The standard InChI is InChI=1S/C7H12N2O/c1-3-9-4-7(5-10)6(2)8/h4-5H,3,8H2,1-2H3/b7-6+,9-4?. The average Bonchev–Trinajstić information content (AvgIpc) is 1.89. The van der Waals surface area contributed by atoms with Gasteiger partial charge in [-0.05, 0) is 13.8 Å². The Labute approximate surface area is 60.6 Å². The quantitative estimate of drug-likeness (QED) is 0.353. The summed E-state index contributed by atoms with van der Waals surface area (Å²) in [4.78, 5) is 14.1. The highest BCUT2D eigenvalue weighted by atomic mass is 16.1. The molecule has 0 heterocycles. The lowest BCUT2D eigenvalue weighted by molar-refractivity contribution is -0.104. The highest BCUT2D eigenvalue weighted by molar-refractivity contribution is 6.02. The van der Waals surface area contributed by atoms with Crippen LogP contribution in [-0.2, 0) is 4.79 Å². The summed E-state index contributed by atoms with van der Waals surface area (Å²) in [5.41, 5.74) is 6.31. The summed E-state index contributed by atoms with van der Waals surface area (Å²) in [6, 6.07) is 0. The molecular formula is C7H12N2O. The number of allylic oxidation sites excluding steroid dienone is 2. The lowest BCUT2D eigenvalue weighted by atomic mass is 10.2. The minimum Gasteiger partial charge on any atom is -0.402 e. The fraction of sp³-hybridized carbons (Fsp3) is 0.429. The maximum absolute atomic E-state index is 10.2. The SMILES string of the molecule is CCN=C/C(C=O)=C(/C)N. The summed E-state index contributed by atoms with van der Waals surface area (Å²) >= 11 is 0. The van der Waals surface area contributed by atoms with Crippen LogP contribution in [0.1, 0.15) is 13.8 Å². The van der Waals surface area contributed by atoms with Crippen molar-refractivity contribution in [2.45, 2.75) is 13.8 Å². The van der Waals surface area contributed by atoms with Crippen LogP contribution in [0.3, 0.4) is 0 Å². The molecule has 0 saturated heterocycles. The molecule has 2 N–H and O–H groups in total. The average molecular weight is 140 g/mol. The minimum atomic E-state index is 0.460. The van der Waals surface area contributed by atoms with Gasteiger partial charge in [0.2, 0.25) is 0 Å². The highest BCUT2D eigenvalue weighted by Crippen LogP contribution is 1.89. The molecule has 3 heteroatoms. The Bertz CT molecular complexity index is 166. The van der Waals surface area contributed by atoms with Crippen LogP contribution in [0, 0.1) is 0 Å². The third-order valence-corrected chi connectivity index (χ3v) is 0.995. The van der Waals surface area contributed by atoms with Crippen molar-refractivity contribution in [3.8, 4) is 0 Å². The van der Waals surface area contributed by atoms with Gasteiger partial charge in [0.1, 0.15) is 0 Å². The zero-order valence-corrected chi connectivity index (χ0v) is 6.29. The molecule has 10 heavy (non-hydrogen) atoms. The van der Waals surface area contributed by atoms with Crippen molar-refractivity contribution in [1.82, 2.24) is 0 Å². The molecule has 0 saturated carbocycles. The first-order chi connectivity index (χ1) is 4.72. The van der Waals surface area contributed by atoms with Crippen LogP contribution in [0.5, 0.6) is 0 Å². The molecule has 0 spiro atoms. The second-order valence-electron chi connectivity index (χ2n) is 1.88. The van der Waals surface area contributed by atoms with E-state index in [9.17, 15) is 4.79 Å². The van der Waals surface area contributed by atoms with Crippen LogP contribution in [0.2, 0.25) is 0 Å². The van der Waals surface area contributed by atoms with Gasteiger partial charge >= 0.3 is 0 Å². The van der Waals surface area contributed by atoms with Crippen molar-refractivity contribution in [2.24, 2.45) is 10.7 Å². The first kappa shape index (κ1) is 8.88. The van der Waals surface area contributed by atoms with Crippen molar-refractivity contribution in [3.05, 3.63) is 11.3 Å². The van der Waals surface area contributed by atoms with Crippen LogP contribution in [0.4, 0.5) is 0 Å². The number of carbonyl (C=O) groups is 1. The Balaban J connectivity index is 4.24. The van der Waals surface area contributed by atoms with Gasteiger partial charge in [-0.3, -0.25) is 9.79 Å². The Hall–Kier alpha value is -1.12. The molecular weight excluding hydrogens is 128 g/mol. The smallest absolute Gasteiger partial charge is 0.153 e. The molecule has 0 radical (unpaired) electrons. The van der Waals surface area contributed by atoms with Gasteiger partial charge in [-0.15, -0.1) is 0 Å². The molecule has 0 aliphatic heterocycles. The third kappa shape index (κ3) is 3.02. The van der Waals surface area contributed by atoms with Crippen molar-refractivity contribution in [3.63, 3.8) is 0 Å². The van der Waals surface area contributed by atoms with E-state index >= 15 is 0 Å². The normalized spacial score (nSPS) is 13.4. The maximum Gasteiger partial charge on any atom is 0.153 e. The minimum absolute atomic E-state index is 0.460. The van der Waals surface area contributed by atoms with Gasteiger partial charge in [0.25, 0.3) is 0 Å². The van der Waals surface area contributed by atoms with E-state index in [4.69, 9.17) is 5.73 Å². The van der Waals surface area contributed by atoms with E-state index in [0.29, 0.717) is 24.1 Å². The van der Waals surface area contributed by atoms with Crippen molar-refractivity contribution < 1.29 is 4.79 Å². The topological polar surface area (TPSA) is 55.5 Å². The molecule has 0 aliphatic rings.